The Kier molecular flexibility index (Phi) is 4.25. The Balaban J connectivity index is 1.73. The van der Waals surface area contributed by atoms with Crippen LogP contribution in [0.15, 0.2) is 41.8 Å². The van der Waals surface area contributed by atoms with Gasteiger partial charge < -0.3 is 4.90 Å². The number of hydrogen-bond acceptors (Lipinski definition) is 4. The molecule has 0 fully saturated rings. The molecule has 6 heteroatoms. The third-order valence-corrected chi connectivity index (χ3v) is 4.69. The van der Waals surface area contributed by atoms with E-state index in [1.165, 1.54) is 0 Å². The molecule has 1 aromatic carbocycles. The number of thiophene rings is 1. The lowest BCUT2D eigenvalue weighted by Crippen LogP contribution is -2.42. The Labute approximate surface area is 138 Å². The molecule has 1 aliphatic heterocycles. The van der Waals surface area contributed by atoms with Gasteiger partial charge in [-0.3, -0.25) is 19.3 Å². The van der Waals surface area contributed by atoms with Gasteiger partial charge in [0.1, 0.15) is 6.54 Å². The van der Waals surface area contributed by atoms with E-state index in [1.807, 2.05) is 24.4 Å². The van der Waals surface area contributed by atoms with Gasteiger partial charge >= 0.3 is 0 Å². The highest BCUT2D eigenvalue weighted by Gasteiger charge is 2.36. The van der Waals surface area contributed by atoms with Gasteiger partial charge in [-0.05, 0) is 30.5 Å². The van der Waals surface area contributed by atoms with E-state index >= 15 is 0 Å². The first kappa shape index (κ1) is 15.4. The number of carbonyl (C=O) groups excluding carboxylic acids is 3. The smallest absolute Gasteiger partial charge is 0.262 e. The molecule has 3 amide bonds. The predicted octanol–water partition coefficient (Wildman–Crippen LogP) is 2.39. The van der Waals surface area contributed by atoms with Crippen LogP contribution in [-0.2, 0) is 11.3 Å². The van der Waals surface area contributed by atoms with Crippen molar-refractivity contribution in [3.05, 3.63) is 57.8 Å². The molecule has 0 unspecified atom stereocenters. The van der Waals surface area contributed by atoms with Gasteiger partial charge in [0.05, 0.1) is 17.7 Å². The third kappa shape index (κ3) is 2.90. The van der Waals surface area contributed by atoms with Crippen molar-refractivity contribution in [3.63, 3.8) is 0 Å². The summed E-state index contributed by atoms with van der Waals surface area (Å²) in [6.07, 6.45) is 0. The first-order valence-corrected chi connectivity index (χ1v) is 8.25. The molecular weight excluding hydrogens is 312 g/mol. The summed E-state index contributed by atoms with van der Waals surface area (Å²) in [5, 5.41) is 1.96. The van der Waals surface area contributed by atoms with E-state index in [2.05, 4.69) is 0 Å². The molecule has 2 heterocycles. The highest BCUT2D eigenvalue weighted by Crippen LogP contribution is 2.22. The van der Waals surface area contributed by atoms with Gasteiger partial charge in [0, 0.05) is 11.4 Å². The third-order valence-electron chi connectivity index (χ3n) is 3.83. The van der Waals surface area contributed by atoms with Crippen LogP contribution in [0.2, 0.25) is 0 Å². The summed E-state index contributed by atoms with van der Waals surface area (Å²) in [5.74, 6) is -1.02. The highest BCUT2D eigenvalue weighted by molar-refractivity contribution is 7.09. The van der Waals surface area contributed by atoms with E-state index in [9.17, 15) is 14.4 Å². The SMILES string of the molecule is CCN(Cc1cccs1)C(=O)CN1C(=O)c2ccccc2C1=O. The molecule has 0 radical (unpaired) electrons. The number of carbonyl (C=O) groups is 3. The van der Waals surface area contributed by atoms with Crippen molar-refractivity contribution < 1.29 is 14.4 Å². The second-order valence-corrected chi connectivity index (χ2v) is 6.26. The van der Waals surface area contributed by atoms with Crippen molar-refractivity contribution in [3.8, 4) is 0 Å². The van der Waals surface area contributed by atoms with Crippen molar-refractivity contribution in [1.29, 1.82) is 0 Å². The molecule has 3 rings (SSSR count). The zero-order chi connectivity index (χ0) is 16.4. The van der Waals surface area contributed by atoms with Crippen LogP contribution >= 0.6 is 11.3 Å². The van der Waals surface area contributed by atoms with E-state index in [1.54, 1.807) is 40.5 Å². The molecule has 0 saturated heterocycles. The standard InChI is InChI=1S/C17H16N2O3S/c1-2-18(10-12-6-5-9-23-12)15(20)11-19-16(21)13-7-3-4-8-14(13)17(19)22/h3-9H,2,10-11H2,1H3. The number of fused-ring (bicyclic) bond motifs is 1. The van der Waals surface area contributed by atoms with Crippen LogP contribution in [0.5, 0.6) is 0 Å². The molecule has 0 N–H and O–H groups in total. The summed E-state index contributed by atoms with van der Waals surface area (Å²) in [6, 6.07) is 10.5. The molecule has 1 aliphatic rings. The number of hydrogen-bond donors (Lipinski definition) is 0. The quantitative estimate of drug-likeness (QED) is 0.792. The molecule has 0 saturated carbocycles. The van der Waals surface area contributed by atoms with Crippen molar-refractivity contribution >= 4 is 29.1 Å². The molecular formula is C17H16N2O3S. The fourth-order valence-electron chi connectivity index (χ4n) is 2.58. The normalized spacial score (nSPS) is 13.3. The largest absolute Gasteiger partial charge is 0.336 e. The Morgan fingerprint density at radius 2 is 1.74 bits per heavy atom. The number of likely N-dealkylation sites (N-methyl/N-ethyl adjacent to an activating group) is 1. The Morgan fingerprint density at radius 3 is 2.26 bits per heavy atom. The topological polar surface area (TPSA) is 57.7 Å². The first-order valence-electron chi connectivity index (χ1n) is 7.37. The van der Waals surface area contributed by atoms with Crippen molar-refractivity contribution in [1.82, 2.24) is 9.80 Å². The van der Waals surface area contributed by atoms with Crippen LogP contribution < -0.4 is 0 Å². The minimum absolute atomic E-state index is 0.217. The van der Waals surface area contributed by atoms with Gasteiger partial charge in [0.2, 0.25) is 5.91 Å². The molecule has 1 aromatic heterocycles. The molecule has 0 spiro atoms. The second-order valence-electron chi connectivity index (χ2n) is 5.23. The first-order chi connectivity index (χ1) is 11.1. The van der Waals surface area contributed by atoms with Gasteiger partial charge in [-0.25, -0.2) is 0 Å². The van der Waals surface area contributed by atoms with E-state index in [0.717, 1.165) is 9.78 Å². The van der Waals surface area contributed by atoms with Crippen LogP contribution in [-0.4, -0.2) is 40.6 Å². The summed E-state index contributed by atoms with van der Waals surface area (Å²) in [5.41, 5.74) is 0.734. The highest BCUT2D eigenvalue weighted by atomic mass is 32.1. The Hall–Kier alpha value is -2.47. The van der Waals surface area contributed by atoms with Crippen LogP contribution in [0.3, 0.4) is 0 Å². The predicted molar refractivity (Wildman–Crippen MR) is 87.2 cm³/mol. The molecule has 23 heavy (non-hydrogen) atoms. The van der Waals surface area contributed by atoms with Gasteiger partial charge in [-0.1, -0.05) is 18.2 Å². The lowest BCUT2D eigenvalue weighted by atomic mass is 10.1. The minimum Gasteiger partial charge on any atom is -0.336 e. The van der Waals surface area contributed by atoms with Crippen LogP contribution in [0.1, 0.15) is 32.5 Å². The summed E-state index contributed by atoms with van der Waals surface area (Å²) in [6.45, 7) is 2.69. The minimum atomic E-state index is -0.397. The summed E-state index contributed by atoms with van der Waals surface area (Å²) < 4.78 is 0. The fourth-order valence-corrected chi connectivity index (χ4v) is 3.30. The summed E-state index contributed by atoms with van der Waals surface area (Å²) in [7, 11) is 0. The number of nitrogens with zero attached hydrogens (tertiary/aromatic N) is 2. The monoisotopic (exact) mass is 328 g/mol. The lowest BCUT2D eigenvalue weighted by molar-refractivity contribution is -0.131. The number of benzene rings is 1. The van der Waals surface area contributed by atoms with Crippen molar-refractivity contribution in [2.24, 2.45) is 0 Å². The van der Waals surface area contributed by atoms with Crippen LogP contribution in [0.25, 0.3) is 0 Å². The molecule has 0 aliphatic carbocycles. The summed E-state index contributed by atoms with van der Waals surface area (Å²) >= 11 is 1.58. The maximum Gasteiger partial charge on any atom is 0.262 e. The van der Waals surface area contributed by atoms with Gasteiger partial charge in [0.15, 0.2) is 0 Å². The summed E-state index contributed by atoms with van der Waals surface area (Å²) in [4.78, 5) is 40.8. The van der Waals surface area contributed by atoms with Gasteiger partial charge in [0.25, 0.3) is 11.8 Å². The zero-order valence-electron chi connectivity index (χ0n) is 12.7. The van der Waals surface area contributed by atoms with E-state index in [4.69, 9.17) is 0 Å². The van der Waals surface area contributed by atoms with Gasteiger partial charge in [-0.15, -0.1) is 11.3 Å². The molecule has 118 valence electrons. The molecule has 2 aromatic rings. The fraction of sp³-hybridized carbons (Fsp3) is 0.235. The average molecular weight is 328 g/mol. The number of imide groups is 1. The zero-order valence-corrected chi connectivity index (χ0v) is 13.5. The second kappa shape index (κ2) is 6.34. The van der Waals surface area contributed by atoms with Crippen LogP contribution in [0, 0.1) is 0 Å². The maximum atomic E-state index is 12.5. The lowest BCUT2D eigenvalue weighted by Gasteiger charge is -2.23. The Bertz CT molecular complexity index is 720. The van der Waals surface area contributed by atoms with E-state index in [-0.39, 0.29) is 12.5 Å². The molecule has 0 atom stereocenters. The number of amides is 3. The molecule has 5 nitrogen and oxygen atoms in total. The number of rotatable bonds is 5. The Morgan fingerprint density at radius 1 is 1.09 bits per heavy atom. The van der Waals surface area contributed by atoms with Crippen molar-refractivity contribution in [2.45, 2.75) is 13.5 Å². The van der Waals surface area contributed by atoms with Gasteiger partial charge in [-0.2, -0.15) is 0 Å². The van der Waals surface area contributed by atoms with E-state index in [0.29, 0.717) is 24.2 Å². The van der Waals surface area contributed by atoms with E-state index < -0.39 is 11.8 Å². The average Bonchev–Trinajstić information content (AvgIpc) is 3.16. The molecule has 0 bridgehead atoms. The van der Waals surface area contributed by atoms with Crippen LogP contribution in [0.4, 0.5) is 0 Å². The maximum absolute atomic E-state index is 12.5. The van der Waals surface area contributed by atoms with Crippen molar-refractivity contribution in [2.75, 3.05) is 13.1 Å².